The van der Waals surface area contributed by atoms with Crippen molar-refractivity contribution in [2.75, 3.05) is 11.1 Å². The first-order chi connectivity index (χ1) is 9.15. The summed E-state index contributed by atoms with van der Waals surface area (Å²) in [6, 6.07) is 3.71. The summed E-state index contributed by atoms with van der Waals surface area (Å²) in [4.78, 5) is 16.8. The van der Waals surface area contributed by atoms with Crippen molar-refractivity contribution in [2.24, 2.45) is 7.05 Å². The van der Waals surface area contributed by atoms with Gasteiger partial charge in [0.1, 0.15) is 10.4 Å². The average molecular weight is 273 g/mol. The largest absolute Gasteiger partial charge is 0.396 e. The average Bonchev–Trinajstić information content (AvgIpc) is 2.94. The first-order valence-corrected chi connectivity index (χ1v) is 6.40. The molecule has 3 heterocycles. The summed E-state index contributed by atoms with van der Waals surface area (Å²) in [6.07, 6.45) is 4.97. The molecule has 0 saturated heterocycles. The summed E-state index contributed by atoms with van der Waals surface area (Å²) < 4.78 is 2.52. The molecule has 0 bridgehead atoms. The minimum Gasteiger partial charge on any atom is -0.396 e. The zero-order valence-corrected chi connectivity index (χ0v) is 10.9. The SMILES string of the molecule is Cn1cc(NC(=O)c2sc3cccnc3c2N)cn1. The quantitative estimate of drug-likeness (QED) is 0.746. The van der Waals surface area contributed by atoms with Crippen LogP contribution in [-0.4, -0.2) is 20.7 Å². The van der Waals surface area contributed by atoms with Gasteiger partial charge < -0.3 is 11.1 Å². The number of fused-ring (bicyclic) bond motifs is 1. The minimum atomic E-state index is -0.242. The molecule has 3 N–H and O–H groups in total. The van der Waals surface area contributed by atoms with Crippen LogP contribution in [-0.2, 0) is 7.05 Å². The number of amides is 1. The van der Waals surface area contributed by atoms with E-state index in [4.69, 9.17) is 5.73 Å². The van der Waals surface area contributed by atoms with E-state index in [9.17, 15) is 4.79 Å². The minimum absolute atomic E-state index is 0.242. The molecular weight excluding hydrogens is 262 g/mol. The zero-order valence-electron chi connectivity index (χ0n) is 10.1. The van der Waals surface area contributed by atoms with Gasteiger partial charge in [0, 0.05) is 19.4 Å². The number of carbonyl (C=O) groups excluding carboxylic acids is 1. The second-order valence-electron chi connectivity index (χ2n) is 4.05. The molecule has 0 aromatic carbocycles. The van der Waals surface area contributed by atoms with Crippen LogP contribution in [0.5, 0.6) is 0 Å². The van der Waals surface area contributed by atoms with Gasteiger partial charge in [-0.15, -0.1) is 11.3 Å². The van der Waals surface area contributed by atoms with E-state index in [0.717, 1.165) is 4.70 Å². The molecule has 0 aliphatic carbocycles. The number of thiophene rings is 1. The van der Waals surface area contributed by atoms with Gasteiger partial charge in [0.15, 0.2) is 0 Å². The Kier molecular flexibility index (Phi) is 2.68. The molecule has 19 heavy (non-hydrogen) atoms. The van der Waals surface area contributed by atoms with Crippen LogP contribution in [0, 0.1) is 0 Å². The summed E-state index contributed by atoms with van der Waals surface area (Å²) in [6.45, 7) is 0. The van der Waals surface area contributed by atoms with Crippen LogP contribution in [0.3, 0.4) is 0 Å². The van der Waals surface area contributed by atoms with Crippen LogP contribution >= 0.6 is 11.3 Å². The molecule has 0 aliphatic heterocycles. The highest BCUT2D eigenvalue weighted by molar-refractivity contribution is 7.21. The Bertz CT molecular complexity index is 760. The van der Waals surface area contributed by atoms with E-state index in [1.807, 2.05) is 12.1 Å². The van der Waals surface area contributed by atoms with Crippen molar-refractivity contribution in [3.8, 4) is 0 Å². The molecule has 0 fully saturated rings. The Morgan fingerprint density at radius 3 is 3.05 bits per heavy atom. The number of anilines is 2. The fraction of sp³-hybridized carbons (Fsp3) is 0.0833. The van der Waals surface area contributed by atoms with E-state index in [1.54, 1.807) is 30.3 Å². The van der Waals surface area contributed by atoms with Gasteiger partial charge in [-0.3, -0.25) is 14.5 Å². The molecule has 3 rings (SSSR count). The van der Waals surface area contributed by atoms with E-state index in [-0.39, 0.29) is 5.91 Å². The fourth-order valence-corrected chi connectivity index (χ4v) is 2.77. The number of pyridine rings is 1. The number of aromatic nitrogens is 3. The van der Waals surface area contributed by atoms with Crippen molar-refractivity contribution in [3.63, 3.8) is 0 Å². The van der Waals surface area contributed by atoms with Crippen molar-refractivity contribution in [1.29, 1.82) is 0 Å². The van der Waals surface area contributed by atoms with E-state index < -0.39 is 0 Å². The molecule has 96 valence electrons. The molecule has 6 nitrogen and oxygen atoms in total. The molecule has 0 atom stereocenters. The summed E-state index contributed by atoms with van der Waals surface area (Å²) in [5.74, 6) is -0.242. The summed E-state index contributed by atoms with van der Waals surface area (Å²) >= 11 is 1.33. The lowest BCUT2D eigenvalue weighted by Gasteiger charge is -2.00. The van der Waals surface area contributed by atoms with Crippen molar-refractivity contribution in [2.45, 2.75) is 0 Å². The lowest BCUT2D eigenvalue weighted by Crippen LogP contribution is -2.11. The van der Waals surface area contributed by atoms with Gasteiger partial charge in [0.05, 0.1) is 22.3 Å². The van der Waals surface area contributed by atoms with Crippen LogP contribution in [0.15, 0.2) is 30.7 Å². The van der Waals surface area contributed by atoms with E-state index in [0.29, 0.717) is 21.8 Å². The maximum atomic E-state index is 12.2. The molecule has 0 spiro atoms. The number of carbonyl (C=O) groups is 1. The molecule has 1 amide bonds. The predicted molar refractivity (Wildman–Crippen MR) is 75.2 cm³/mol. The number of hydrogen-bond donors (Lipinski definition) is 2. The molecule has 3 aromatic heterocycles. The first-order valence-electron chi connectivity index (χ1n) is 5.58. The predicted octanol–water partition coefficient (Wildman–Crippen LogP) is 1.86. The van der Waals surface area contributed by atoms with Crippen molar-refractivity contribution < 1.29 is 4.79 Å². The third-order valence-electron chi connectivity index (χ3n) is 2.65. The second-order valence-corrected chi connectivity index (χ2v) is 5.10. The van der Waals surface area contributed by atoms with Gasteiger partial charge in [-0.25, -0.2) is 0 Å². The molecule has 7 heteroatoms. The highest BCUT2D eigenvalue weighted by atomic mass is 32.1. The number of nitrogens with two attached hydrogens (primary N) is 1. The Morgan fingerprint density at radius 1 is 1.53 bits per heavy atom. The third kappa shape index (κ3) is 2.04. The van der Waals surface area contributed by atoms with Crippen molar-refractivity contribution in [1.82, 2.24) is 14.8 Å². The maximum absolute atomic E-state index is 12.2. The number of aryl methyl sites for hydroxylation is 1. The van der Waals surface area contributed by atoms with E-state index in [1.165, 1.54) is 11.3 Å². The fourth-order valence-electron chi connectivity index (χ4n) is 1.79. The Balaban J connectivity index is 1.95. The van der Waals surface area contributed by atoms with Gasteiger partial charge in [0.2, 0.25) is 0 Å². The van der Waals surface area contributed by atoms with Gasteiger partial charge >= 0.3 is 0 Å². The van der Waals surface area contributed by atoms with E-state index in [2.05, 4.69) is 15.4 Å². The molecule has 0 aliphatic rings. The van der Waals surface area contributed by atoms with Crippen LogP contribution in [0.2, 0.25) is 0 Å². The first kappa shape index (κ1) is 11.7. The number of nitrogens with one attached hydrogen (secondary N) is 1. The normalized spacial score (nSPS) is 10.8. The van der Waals surface area contributed by atoms with Crippen molar-refractivity contribution >= 4 is 38.8 Å². The van der Waals surface area contributed by atoms with Crippen LogP contribution in [0.25, 0.3) is 10.2 Å². The molecular formula is C12H11N5OS. The Labute approximate surface area is 112 Å². The van der Waals surface area contributed by atoms with Gasteiger partial charge in [-0.2, -0.15) is 5.10 Å². The smallest absolute Gasteiger partial charge is 0.268 e. The number of nitrogen functional groups attached to an aromatic ring is 1. The highest BCUT2D eigenvalue weighted by Gasteiger charge is 2.17. The van der Waals surface area contributed by atoms with Crippen molar-refractivity contribution in [3.05, 3.63) is 35.6 Å². The van der Waals surface area contributed by atoms with Gasteiger partial charge in [0.25, 0.3) is 5.91 Å². The number of hydrogen-bond acceptors (Lipinski definition) is 5. The summed E-state index contributed by atoms with van der Waals surface area (Å²) in [7, 11) is 1.79. The Hall–Kier alpha value is -2.41. The Morgan fingerprint density at radius 2 is 2.37 bits per heavy atom. The molecule has 0 unspecified atom stereocenters. The van der Waals surface area contributed by atoms with Crippen LogP contribution in [0.1, 0.15) is 9.67 Å². The lowest BCUT2D eigenvalue weighted by atomic mass is 10.3. The lowest BCUT2D eigenvalue weighted by molar-refractivity contribution is 0.103. The summed E-state index contributed by atoms with van der Waals surface area (Å²) in [5.41, 5.74) is 7.69. The van der Waals surface area contributed by atoms with Crippen LogP contribution in [0.4, 0.5) is 11.4 Å². The highest BCUT2D eigenvalue weighted by Crippen LogP contribution is 2.32. The van der Waals surface area contributed by atoms with Gasteiger partial charge in [-0.1, -0.05) is 0 Å². The maximum Gasteiger partial charge on any atom is 0.268 e. The number of rotatable bonds is 2. The van der Waals surface area contributed by atoms with Crippen LogP contribution < -0.4 is 11.1 Å². The number of nitrogens with zero attached hydrogens (tertiary/aromatic N) is 3. The second kappa shape index (κ2) is 4.36. The molecule has 0 saturated carbocycles. The molecule has 3 aromatic rings. The third-order valence-corrected chi connectivity index (χ3v) is 3.81. The summed E-state index contributed by atoms with van der Waals surface area (Å²) in [5, 5.41) is 6.75. The topological polar surface area (TPSA) is 85.8 Å². The van der Waals surface area contributed by atoms with E-state index >= 15 is 0 Å². The molecule has 0 radical (unpaired) electrons. The van der Waals surface area contributed by atoms with Gasteiger partial charge in [-0.05, 0) is 12.1 Å². The monoisotopic (exact) mass is 273 g/mol. The standard InChI is InChI=1S/C12H11N5OS/c1-17-6-7(5-15-17)16-12(18)11-9(13)10-8(19-11)3-2-4-14-10/h2-6H,13H2,1H3,(H,16,18). The zero-order chi connectivity index (χ0) is 13.4.